The fraction of sp³-hybridized carbons (Fsp3) is 0. The molecule has 1 heterocycles. The van der Waals surface area contributed by atoms with E-state index in [1.807, 2.05) is 0 Å². The maximum absolute atomic E-state index is 6.00. The molecule has 7 heteroatoms. The van der Waals surface area contributed by atoms with Crippen molar-refractivity contribution < 1.29 is 0 Å². The second-order valence-corrected chi connectivity index (χ2v) is 4.34. The van der Waals surface area contributed by atoms with Crippen LogP contribution in [0.4, 0.5) is 0 Å². The molecule has 0 unspecified atom stereocenters. The third-order valence-corrected chi connectivity index (χ3v) is 2.64. The van der Waals surface area contributed by atoms with E-state index < -0.39 is 0 Å². The van der Waals surface area contributed by atoms with Gasteiger partial charge in [0.25, 0.3) is 0 Å². The highest BCUT2D eigenvalue weighted by molar-refractivity contribution is 6.36. The molecule has 1 aromatic heterocycles. The fourth-order valence-electron chi connectivity index (χ4n) is 1.12. The summed E-state index contributed by atoms with van der Waals surface area (Å²) in [5.41, 5.74) is 0.595. The van der Waals surface area contributed by atoms with Crippen LogP contribution in [-0.4, -0.2) is 15.0 Å². The summed E-state index contributed by atoms with van der Waals surface area (Å²) in [5.74, 6) is 0.312. The van der Waals surface area contributed by atoms with Crippen molar-refractivity contribution in [3.63, 3.8) is 0 Å². The standard InChI is InChI=1S/C9H3Cl4N3/c10-4-1-2-5(6(11)3-4)7-14-8(12)16-9(13)15-7/h1-3H. The topological polar surface area (TPSA) is 38.7 Å². The Morgan fingerprint density at radius 1 is 0.812 bits per heavy atom. The van der Waals surface area contributed by atoms with E-state index in [0.29, 0.717) is 21.4 Å². The van der Waals surface area contributed by atoms with Crippen molar-refractivity contribution >= 4 is 46.4 Å². The van der Waals surface area contributed by atoms with Gasteiger partial charge < -0.3 is 0 Å². The van der Waals surface area contributed by atoms with Crippen LogP contribution in [0.1, 0.15) is 0 Å². The van der Waals surface area contributed by atoms with Crippen LogP contribution in [0.2, 0.25) is 20.6 Å². The van der Waals surface area contributed by atoms with Crippen molar-refractivity contribution in [3.8, 4) is 11.4 Å². The molecule has 0 radical (unpaired) electrons. The third-order valence-electron chi connectivity index (χ3n) is 1.75. The van der Waals surface area contributed by atoms with Crippen molar-refractivity contribution in [2.45, 2.75) is 0 Å². The van der Waals surface area contributed by atoms with Crippen molar-refractivity contribution in [3.05, 3.63) is 38.8 Å². The molecular formula is C9H3Cl4N3. The van der Waals surface area contributed by atoms with E-state index >= 15 is 0 Å². The SMILES string of the molecule is Clc1ccc(-c2nc(Cl)nc(Cl)n2)c(Cl)c1. The van der Waals surface area contributed by atoms with E-state index in [4.69, 9.17) is 46.4 Å². The smallest absolute Gasteiger partial charge is 0.198 e. The first-order valence-electron chi connectivity index (χ1n) is 4.09. The van der Waals surface area contributed by atoms with Crippen molar-refractivity contribution in [2.24, 2.45) is 0 Å². The third kappa shape index (κ3) is 2.55. The highest BCUT2D eigenvalue weighted by Crippen LogP contribution is 2.28. The van der Waals surface area contributed by atoms with Gasteiger partial charge in [0.1, 0.15) is 0 Å². The summed E-state index contributed by atoms with van der Waals surface area (Å²) in [4.78, 5) is 11.5. The summed E-state index contributed by atoms with van der Waals surface area (Å²) in [7, 11) is 0. The van der Waals surface area contributed by atoms with Crippen molar-refractivity contribution in [2.75, 3.05) is 0 Å². The number of halogens is 4. The average Bonchev–Trinajstić information content (AvgIpc) is 2.15. The van der Waals surface area contributed by atoms with Gasteiger partial charge >= 0.3 is 0 Å². The lowest BCUT2D eigenvalue weighted by Crippen LogP contribution is -1.94. The zero-order valence-corrected chi connectivity index (χ0v) is 10.6. The van der Waals surface area contributed by atoms with Crippen LogP contribution >= 0.6 is 46.4 Å². The van der Waals surface area contributed by atoms with Gasteiger partial charge in [0.2, 0.25) is 10.6 Å². The van der Waals surface area contributed by atoms with Crippen LogP contribution in [0.25, 0.3) is 11.4 Å². The molecule has 0 saturated carbocycles. The molecular weight excluding hydrogens is 292 g/mol. The van der Waals surface area contributed by atoms with E-state index in [1.165, 1.54) is 0 Å². The molecule has 2 rings (SSSR count). The van der Waals surface area contributed by atoms with E-state index in [-0.39, 0.29) is 10.6 Å². The van der Waals surface area contributed by atoms with Gasteiger partial charge in [-0.3, -0.25) is 0 Å². The Balaban J connectivity index is 2.58. The Kier molecular flexibility index (Phi) is 3.50. The average molecular weight is 295 g/mol. The van der Waals surface area contributed by atoms with Gasteiger partial charge in [-0.2, -0.15) is 15.0 Å². The molecule has 2 aromatic rings. The second kappa shape index (κ2) is 4.72. The van der Waals surface area contributed by atoms with E-state index in [0.717, 1.165) is 0 Å². The predicted molar refractivity (Wildman–Crippen MR) is 65.3 cm³/mol. The van der Waals surface area contributed by atoms with Crippen LogP contribution in [0.3, 0.4) is 0 Å². The number of aromatic nitrogens is 3. The van der Waals surface area contributed by atoms with Gasteiger partial charge in [-0.05, 0) is 41.4 Å². The van der Waals surface area contributed by atoms with E-state index in [9.17, 15) is 0 Å². The number of hydrogen-bond donors (Lipinski definition) is 0. The van der Waals surface area contributed by atoms with Gasteiger partial charge in [-0.25, -0.2) is 0 Å². The lowest BCUT2D eigenvalue weighted by molar-refractivity contribution is 1.06. The maximum Gasteiger partial charge on any atom is 0.227 e. The Hall–Kier alpha value is -0.610. The normalized spacial score (nSPS) is 10.5. The minimum atomic E-state index is 0.0148. The van der Waals surface area contributed by atoms with E-state index in [1.54, 1.807) is 18.2 Å². The molecule has 0 aliphatic heterocycles. The first-order valence-corrected chi connectivity index (χ1v) is 5.60. The minimum absolute atomic E-state index is 0.0148. The van der Waals surface area contributed by atoms with Crippen LogP contribution in [0, 0.1) is 0 Å². The predicted octanol–water partition coefficient (Wildman–Crippen LogP) is 4.15. The molecule has 0 spiro atoms. The van der Waals surface area contributed by atoms with Gasteiger partial charge in [0, 0.05) is 10.6 Å². The van der Waals surface area contributed by atoms with Crippen LogP contribution < -0.4 is 0 Å². The second-order valence-electron chi connectivity index (χ2n) is 2.82. The largest absolute Gasteiger partial charge is 0.227 e. The number of benzene rings is 1. The Labute approximate surface area is 111 Å². The van der Waals surface area contributed by atoms with Gasteiger partial charge in [-0.15, -0.1) is 0 Å². The lowest BCUT2D eigenvalue weighted by Gasteiger charge is -2.03. The van der Waals surface area contributed by atoms with Crippen LogP contribution in [0.5, 0.6) is 0 Å². The Morgan fingerprint density at radius 3 is 2.00 bits per heavy atom. The Bertz CT molecular complexity index is 524. The molecule has 0 atom stereocenters. The van der Waals surface area contributed by atoms with Gasteiger partial charge in [0.15, 0.2) is 5.82 Å². The summed E-state index contributed by atoms with van der Waals surface area (Å²) < 4.78 is 0. The Morgan fingerprint density at radius 2 is 1.44 bits per heavy atom. The molecule has 1 aromatic carbocycles. The number of rotatable bonds is 1. The van der Waals surface area contributed by atoms with Crippen LogP contribution in [-0.2, 0) is 0 Å². The molecule has 0 aliphatic rings. The molecule has 0 fully saturated rings. The summed E-state index contributed by atoms with van der Waals surface area (Å²) in [5, 5.41) is 0.980. The minimum Gasteiger partial charge on any atom is -0.198 e. The first-order chi connectivity index (χ1) is 7.56. The zero-order valence-electron chi connectivity index (χ0n) is 7.59. The van der Waals surface area contributed by atoms with Gasteiger partial charge in [0.05, 0.1) is 5.02 Å². The maximum atomic E-state index is 6.00. The molecule has 0 amide bonds. The van der Waals surface area contributed by atoms with Crippen molar-refractivity contribution in [1.29, 1.82) is 0 Å². The molecule has 3 nitrogen and oxygen atoms in total. The first kappa shape index (κ1) is 11.9. The summed E-state index contributed by atoms with van der Waals surface area (Å²) >= 11 is 23.1. The summed E-state index contributed by atoms with van der Waals surface area (Å²) in [6.45, 7) is 0. The quantitative estimate of drug-likeness (QED) is 0.793. The fourth-order valence-corrected chi connectivity index (χ4v) is 1.97. The van der Waals surface area contributed by atoms with Crippen LogP contribution in [0.15, 0.2) is 18.2 Å². The molecule has 16 heavy (non-hydrogen) atoms. The number of hydrogen-bond acceptors (Lipinski definition) is 3. The molecule has 0 bridgehead atoms. The molecule has 0 saturated heterocycles. The number of nitrogens with zero attached hydrogens (tertiary/aromatic N) is 3. The monoisotopic (exact) mass is 293 g/mol. The molecule has 0 aliphatic carbocycles. The summed E-state index contributed by atoms with van der Waals surface area (Å²) in [6, 6.07) is 4.95. The van der Waals surface area contributed by atoms with Crippen molar-refractivity contribution in [1.82, 2.24) is 15.0 Å². The lowest BCUT2D eigenvalue weighted by atomic mass is 10.2. The highest BCUT2D eigenvalue weighted by atomic mass is 35.5. The zero-order chi connectivity index (χ0) is 11.7. The molecule has 0 N–H and O–H groups in total. The summed E-state index contributed by atoms with van der Waals surface area (Å²) in [6.07, 6.45) is 0. The highest BCUT2D eigenvalue weighted by Gasteiger charge is 2.09. The molecule has 82 valence electrons. The van der Waals surface area contributed by atoms with E-state index in [2.05, 4.69) is 15.0 Å². The van der Waals surface area contributed by atoms with Gasteiger partial charge in [-0.1, -0.05) is 23.2 Å².